The number of aryl methyl sites for hydroxylation is 2. The number of hydrogen-bond acceptors (Lipinski definition) is 2. The Morgan fingerprint density at radius 1 is 0.913 bits per heavy atom. The maximum atomic E-state index is 13.1. The number of nitrogens with zero attached hydrogens (tertiary/aromatic N) is 1. The highest BCUT2D eigenvalue weighted by molar-refractivity contribution is 6.05. The van der Waals surface area contributed by atoms with Crippen molar-refractivity contribution < 1.29 is 4.42 Å². The first-order valence-corrected chi connectivity index (χ1v) is 7.69. The molecule has 4 rings (SSSR count). The summed E-state index contributed by atoms with van der Waals surface area (Å²) in [5.41, 5.74) is 3.20. The van der Waals surface area contributed by atoms with E-state index in [1.54, 1.807) is 6.26 Å². The van der Waals surface area contributed by atoms with Gasteiger partial charge >= 0.3 is 0 Å². The molecule has 0 N–H and O–H groups in total. The summed E-state index contributed by atoms with van der Waals surface area (Å²) < 4.78 is 7.26. The van der Waals surface area contributed by atoms with Gasteiger partial charge in [0.1, 0.15) is 5.76 Å². The third-order valence-electron chi connectivity index (χ3n) is 4.28. The minimum absolute atomic E-state index is 0.0261. The Labute approximate surface area is 133 Å². The highest BCUT2D eigenvalue weighted by Crippen LogP contribution is 2.25. The first-order chi connectivity index (χ1) is 11.1. The van der Waals surface area contributed by atoms with E-state index in [0.29, 0.717) is 6.54 Å². The van der Waals surface area contributed by atoms with Crippen LogP contribution in [0, 0.1) is 13.8 Å². The summed E-state index contributed by atoms with van der Waals surface area (Å²) in [6.07, 6.45) is 1.64. The summed E-state index contributed by atoms with van der Waals surface area (Å²) in [5.74, 6) is 0.780. The predicted octanol–water partition coefficient (Wildman–Crippen LogP) is 4.41. The molecule has 0 amide bonds. The fraction of sp³-hybridized carbons (Fsp3) is 0.150. The second-order valence-corrected chi connectivity index (χ2v) is 6.04. The molecule has 2 aromatic carbocycles. The van der Waals surface area contributed by atoms with Crippen LogP contribution in [0.1, 0.15) is 16.9 Å². The summed E-state index contributed by atoms with van der Waals surface area (Å²) in [7, 11) is 0. The van der Waals surface area contributed by atoms with Gasteiger partial charge in [0.15, 0.2) is 0 Å². The average Bonchev–Trinajstić information content (AvgIpc) is 3.04. The van der Waals surface area contributed by atoms with E-state index >= 15 is 0 Å². The third kappa shape index (κ3) is 2.25. The quantitative estimate of drug-likeness (QED) is 0.514. The molecule has 0 radical (unpaired) electrons. The van der Waals surface area contributed by atoms with Crippen molar-refractivity contribution >= 4 is 21.7 Å². The first-order valence-electron chi connectivity index (χ1n) is 7.69. The number of hydrogen-bond donors (Lipinski definition) is 0. The van der Waals surface area contributed by atoms with Crippen LogP contribution in [0.4, 0.5) is 0 Å². The van der Waals surface area contributed by atoms with Crippen molar-refractivity contribution in [3.8, 4) is 0 Å². The van der Waals surface area contributed by atoms with E-state index in [1.165, 1.54) is 0 Å². The third-order valence-corrected chi connectivity index (χ3v) is 4.28. The van der Waals surface area contributed by atoms with E-state index in [-0.39, 0.29) is 5.56 Å². The van der Waals surface area contributed by atoms with E-state index in [9.17, 15) is 4.79 Å². The van der Waals surface area contributed by atoms with Crippen molar-refractivity contribution in [3.05, 3.63) is 82.0 Å². The zero-order valence-corrected chi connectivity index (χ0v) is 13.2. The van der Waals surface area contributed by atoms with Crippen LogP contribution in [0.15, 0.2) is 64.0 Å². The summed E-state index contributed by atoms with van der Waals surface area (Å²) in [4.78, 5) is 13.1. The van der Waals surface area contributed by atoms with Gasteiger partial charge in [0, 0.05) is 10.8 Å². The minimum atomic E-state index is 0.0261. The van der Waals surface area contributed by atoms with Gasteiger partial charge in [-0.05, 0) is 49.1 Å². The second kappa shape index (κ2) is 5.13. The summed E-state index contributed by atoms with van der Waals surface area (Å²) in [6.45, 7) is 4.49. The minimum Gasteiger partial charge on any atom is -0.467 e. The van der Waals surface area contributed by atoms with E-state index in [1.807, 2.05) is 42.7 Å². The maximum absolute atomic E-state index is 13.1. The number of rotatable bonds is 2. The van der Waals surface area contributed by atoms with E-state index in [4.69, 9.17) is 4.42 Å². The van der Waals surface area contributed by atoms with Crippen molar-refractivity contribution in [1.82, 2.24) is 4.57 Å². The summed E-state index contributed by atoms with van der Waals surface area (Å²) in [6, 6.07) is 16.1. The lowest BCUT2D eigenvalue weighted by Crippen LogP contribution is -2.21. The van der Waals surface area contributed by atoms with Crippen molar-refractivity contribution in [1.29, 1.82) is 0 Å². The molecule has 0 aliphatic carbocycles. The Morgan fingerprint density at radius 3 is 2.39 bits per heavy atom. The van der Waals surface area contributed by atoms with E-state index < -0.39 is 0 Å². The number of furan rings is 1. The van der Waals surface area contributed by atoms with Crippen LogP contribution < -0.4 is 5.56 Å². The Bertz CT molecular complexity index is 1070. The van der Waals surface area contributed by atoms with Gasteiger partial charge in [-0.1, -0.05) is 29.8 Å². The van der Waals surface area contributed by atoms with Gasteiger partial charge in [-0.15, -0.1) is 0 Å². The number of benzene rings is 2. The van der Waals surface area contributed by atoms with E-state index in [0.717, 1.165) is 38.6 Å². The molecule has 0 unspecified atom stereocenters. The molecule has 0 fully saturated rings. The standard InChI is InChI=1S/C20H17NO2/c1-13-5-7-16-17-8-6-14(2)11-19(17)21(20(22)18(16)10-13)12-15-4-3-9-23-15/h3-11H,12H2,1-2H3. The topological polar surface area (TPSA) is 35.1 Å². The Morgan fingerprint density at radius 2 is 1.65 bits per heavy atom. The van der Waals surface area contributed by atoms with Crippen LogP contribution in [-0.2, 0) is 6.54 Å². The van der Waals surface area contributed by atoms with E-state index in [2.05, 4.69) is 24.3 Å². The fourth-order valence-electron chi connectivity index (χ4n) is 3.13. The van der Waals surface area contributed by atoms with Crippen LogP contribution in [0.3, 0.4) is 0 Å². The Balaban J connectivity index is 2.14. The zero-order valence-electron chi connectivity index (χ0n) is 13.2. The lowest BCUT2D eigenvalue weighted by atomic mass is 10.0. The number of fused-ring (bicyclic) bond motifs is 3. The molecular formula is C20H17NO2. The normalized spacial score (nSPS) is 11.4. The molecule has 4 aromatic rings. The molecule has 3 nitrogen and oxygen atoms in total. The van der Waals surface area contributed by atoms with Gasteiger partial charge in [0.25, 0.3) is 5.56 Å². The maximum Gasteiger partial charge on any atom is 0.259 e. The lowest BCUT2D eigenvalue weighted by molar-refractivity contribution is 0.494. The second-order valence-electron chi connectivity index (χ2n) is 6.04. The predicted molar refractivity (Wildman–Crippen MR) is 93.0 cm³/mol. The molecule has 0 saturated heterocycles. The van der Waals surface area contributed by atoms with Gasteiger partial charge < -0.3 is 8.98 Å². The van der Waals surface area contributed by atoms with Gasteiger partial charge in [-0.2, -0.15) is 0 Å². The monoisotopic (exact) mass is 303 g/mol. The lowest BCUT2D eigenvalue weighted by Gasteiger charge is -2.13. The molecule has 2 aromatic heterocycles. The molecule has 0 saturated carbocycles. The van der Waals surface area contributed by atoms with Gasteiger partial charge in [-0.3, -0.25) is 4.79 Å². The van der Waals surface area contributed by atoms with Gasteiger partial charge in [0.05, 0.1) is 18.3 Å². The molecule has 2 heterocycles. The molecule has 0 spiro atoms. The van der Waals surface area contributed by atoms with Gasteiger partial charge in [-0.25, -0.2) is 0 Å². The highest BCUT2D eigenvalue weighted by atomic mass is 16.3. The number of pyridine rings is 1. The fourth-order valence-corrected chi connectivity index (χ4v) is 3.13. The van der Waals surface area contributed by atoms with Gasteiger partial charge in [0.2, 0.25) is 0 Å². The van der Waals surface area contributed by atoms with Crippen LogP contribution in [0.5, 0.6) is 0 Å². The van der Waals surface area contributed by atoms with Crippen LogP contribution in [0.2, 0.25) is 0 Å². The largest absolute Gasteiger partial charge is 0.467 e. The molecule has 0 bridgehead atoms. The molecule has 0 aliphatic rings. The van der Waals surface area contributed by atoms with Crippen molar-refractivity contribution in [2.24, 2.45) is 0 Å². The highest BCUT2D eigenvalue weighted by Gasteiger charge is 2.12. The van der Waals surface area contributed by atoms with Crippen molar-refractivity contribution in [2.45, 2.75) is 20.4 Å². The Kier molecular flexibility index (Phi) is 3.08. The van der Waals surface area contributed by atoms with Crippen LogP contribution in [0.25, 0.3) is 21.7 Å². The molecule has 23 heavy (non-hydrogen) atoms. The summed E-state index contributed by atoms with van der Waals surface area (Å²) in [5, 5.41) is 2.86. The molecule has 0 aliphatic heterocycles. The molecule has 0 atom stereocenters. The smallest absolute Gasteiger partial charge is 0.259 e. The summed E-state index contributed by atoms with van der Waals surface area (Å²) >= 11 is 0. The first kappa shape index (κ1) is 13.8. The van der Waals surface area contributed by atoms with Crippen LogP contribution >= 0.6 is 0 Å². The van der Waals surface area contributed by atoms with Crippen molar-refractivity contribution in [3.63, 3.8) is 0 Å². The zero-order chi connectivity index (χ0) is 16.0. The Hall–Kier alpha value is -2.81. The van der Waals surface area contributed by atoms with Crippen molar-refractivity contribution in [2.75, 3.05) is 0 Å². The molecule has 114 valence electrons. The molecular weight excluding hydrogens is 286 g/mol. The van der Waals surface area contributed by atoms with Crippen LogP contribution in [-0.4, -0.2) is 4.57 Å². The molecule has 3 heteroatoms. The average molecular weight is 303 g/mol. The SMILES string of the molecule is Cc1ccc2c(c1)c(=O)n(Cc1ccco1)c1cc(C)ccc21. The number of aromatic nitrogens is 1.